The van der Waals surface area contributed by atoms with Gasteiger partial charge in [-0.2, -0.15) is 0 Å². The van der Waals surface area contributed by atoms with Crippen LogP contribution in [0.5, 0.6) is 0 Å². The minimum atomic E-state index is -4.20. The number of anilines is 1. The second kappa shape index (κ2) is 15.8. The van der Waals surface area contributed by atoms with Crippen molar-refractivity contribution in [3.05, 3.63) is 130 Å². The number of carbonyl (C=O) groups excluding carboxylic acids is 2. The highest BCUT2D eigenvalue weighted by Gasteiger charge is 2.34. The molecule has 4 aromatic carbocycles. The lowest BCUT2D eigenvalue weighted by molar-refractivity contribution is -0.140. The van der Waals surface area contributed by atoms with Crippen molar-refractivity contribution >= 4 is 43.5 Å². The number of nitrogens with one attached hydrogen (secondary N) is 1. The van der Waals surface area contributed by atoms with E-state index in [0.29, 0.717) is 16.6 Å². The van der Waals surface area contributed by atoms with Gasteiger partial charge < -0.3 is 10.2 Å². The van der Waals surface area contributed by atoms with Crippen molar-refractivity contribution in [1.29, 1.82) is 0 Å². The van der Waals surface area contributed by atoms with Crippen molar-refractivity contribution in [2.75, 3.05) is 17.4 Å². The fraction of sp³-hybridized carbons (Fsp3) is 0.257. The van der Waals surface area contributed by atoms with Crippen LogP contribution in [0.1, 0.15) is 36.5 Å². The molecule has 1 N–H and O–H groups in total. The SMILES string of the molecule is CCCCNC(=O)[C@H](Cc1ccccc1)N(Cc1ccc(F)cc1)C(=O)CN(c1cccc(Br)c1)S(=O)(=O)c1ccc(C)cc1. The van der Waals surface area contributed by atoms with Gasteiger partial charge in [0, 0.05) is 24.0 Å². The van der Waals surface area contributed by atoms with Gasteiger partial charge in [0.05, 0.1) is 10.6 Å². The van der Waals surface area contributed by atoms with Gasteiger partial charge in [0.1, 0.15) is 18.4 Å². The van der Waals surface area contributed by atoms with E-state index in [0.717, 1.165) is 28.3 Å². The van der Waals surface area contributed by atoms with Crippen LogP contribution in [0, 0.1) is 12.7 Å². The maximum Gasteiger partial charge on any atom is 0.264 e. The predicted molar refractivity (Wildman–Crippen MR) is 179 cm³/mol. The predicted octanol–water partition coefficient (Wildman–Crippen LogP) is 6.65. The van der Waals surface area contributed by atoms with Gasteiger partial charge in [-0.3, -0.25) is 13.9 Å². The second-order valence-corrected chi connectivity index (χ2v) is 13.6. The Morgan fingerprint density at radius 2 is 1.58 bits per heavy atom. The molecule has 10 heteroatoms. The maximum atomic E-state index is 14.4. The lowest BCUT2D eigenvalue weighted by atomic mass is 10.0. The average Bonchev–Trinajstić information content (AvgIpc) is 3.03. The average molecular weight is 695 g/mol. The van der Waals surface area contributed by atoms with E-state index in [1.165, 1.54) is 29.2 Å². The topological polar surface area (TPSA) is 86.8 Å². The van der Waals surface area contributed by atoms with E-state index in [1.807, 2.05) is 44.2 Å². The first-order chi connectivity index (χ1) is 21.6. The largest absolute Gasteiger partial charge is 0.354 e. The van der Waals surface area contributed by atoms with Crippen LogP contribution in [0.15, 0.2) is 112 Å². The van der Waals surface area contributed by atoms with Gasteiger partial charge in [-0.05, 0) is 66.9 Å². The van der Waals surface area contributed by atoms with Crippen LogP contribution in [0.3, 0.4) is 0 Å². The number of nitrogens with zero attached hydrogens (tertiary/aromatic N) is 2. The Morgan fingerprint density at radius 3 is 2.22 bits per heavy atom. The number of unbranched alkanes of at least 4 members (excludes halogenated alkanes) is 1. The smallest absolute Gasteiger partial charge is 0.264 e. The molecular weight excluding hydrogens is 657 g/mol. The Morgan fingerprint density at radius 1 is 0.889 bits per heavy atom. The van der Waals surface area contributed by atoms with Crippen molar-refractivity contribution in [1.82, 2.24) is 10.2 Å². The number of rotatable bonds is 14. The van der Waals surface area contributed by atoms with Crippen molar-refractivity contribution in [2.45, 2.75) is 50.6 Å². The maximum absolute atomic E-state index is 14.4. The summed E-state index contributed by atoms with van der Waals surface area (Å²) in [5, 5.41) is 2.96. The second-order valence-electron chi connectivity index (χ2n) is 10.8. The third kappa shape index (κ3) is 9.25. The van der Waals surface area contributed by atoms with Gasteiger partial charge in [-0.1, -0.05) is 95.5 Å². The zero-order valence-electron chi connectivity index (χ0n) is 25.3. The van der Waals surface area contributed by atoms with E-state index in [1.54, 1.807) is 48.5 Å². The van der Waals surface area contributed by atoms with Crippen LogP contribution < -0.4 is 9.62 Å². The molecule has 0 unspecified atom stereocenters. The van der Waals surface area contributed by atoms with E-state index in [2.05, 4.69) is 21.2 Å². The van der Waals surface area contributed by atoms with Crippen molar-refractivity contribution < 1.29 is 22.4 Å². The number of aryl methyl sites for hydroxylation is 1. The third-order valence-corrected chi connectivity index (χ3v) is 9.63. The van der Waals surface area contributed by atoms with Gasteiger partial charge in [-0.15, -0.1) is 0 Å². The van der Waals surface area contributed by atoms with Gasteiger partial charge in [0.15, 0.2) is 0 Å². The first-order valence-electron chi connectivity index (χ1n) is 14.8. The Kier molecular flexibility index (Phi) is 11.9. The number of halogens is 2. The number of hydrogen-bond acceptors (Lipinski definition) is 4. The minimum Gasteiger partial charge on any atom is -0.354 e. The first-order valence-corrected chi connectivity index (χ1v) is 17.0. The quantitative estimate of drug-likeness (QED) is 0.150. The molecule has 0 aliphatic heterocycles. The van der Waals surface area contributed by atoms with E-state index >= 15 is 0 Å². The fourth-order valence-corrected chi connectivity index (χ4v) is 6.64. The van der Waals surface area contributed by atoms with Crippen molar-refractivity contribution in [2.24, 2.45) is 0 Å². The Hall–Kier alpha value is -4.02. The summed E-state index contributed by atoms with van der Waals surface area (Å²) in [4.78, 5) is 29.6. The normalized spacial score (nSPS) is 11.9. The molecule has 1 atom stereocenters. The zero-order chi connectivity index (χ0) is 32.4. The number of carbonyl (C=O) groups is 2. The molecule has 0 aliphatic rings. The van der Waals surface area contributed by atoms with Gasteiger partial charge in [0.25, 0.3) is 10.0 Å². The molecule has 45 heavy (non-hydrogen) atoms. The molecule has 236 valence electrons. The van der Waals surface area contributed by atoms with Gasteiger partial charge in [0.2, 0.25) is 11.8 Å². The van der Waals surface area contributed by atoms with Crippen LogP contribution in [0.4, 0.5) is 10.1 Å². The molecule has 0 spiro atoms. The highest BCUT2D eigenvalue weighted by atomic mass is 79.9. The monoisotopic (exact) mass is 693 g/mol. The summed E-state index contributed by atoms with van der Waals surface area (Å²) in [6.45, 7) is 3.71. The molecule has 0 aromatic heterocycles. The fourth-order valence-electron chi connectivity index (χ4n) is 4.84. The Labute approximate surface area is 273 Å². The standard InChI is InChI=1S/C35H37BrFN3O4S/c1-3-4-21-38-35(42)33(22-27-9-6-5-7-10-27)39(24-28-15-17-30(37)18-16-28)34(41)25-40(31-12-8-11-29(36)23-31)45(43,44)32-19-13-26(2)14-20-32/h5-20,23,33H,3-4,21-22,24-25H2,1-2H3,(H,38,42)/t33-/m0/s1. The van der Waals surface area contributed by atoms with Crippen LogP contribution in [0.2, 0.25) is 0 Å². The summed E-state index contributed by atoms with van der Waals surface area (Å²) >= 11 is 3.42. The number of hydrogen-bond donors (Lipinski definition) is 1. The first kappa shape index (κ1) is 33.9. The lowest BCUT2D eigenvalue weighted by Gasteiger charge is -2.34. The molecule has 0 radical (unpaired) electrons. The van der Waals surface area contributed by atoms with Crippen LogP contribution >= 0.6 is 15.9 Å². The van der Waals surface area contributed by atoms with E-state index in [9.17, 15) is 22.4 Å². The summed E-state index contributed by atoms with van der Waals surface area (Å²) in [5.41, 5.74) is 2.61. The molecule has 2 amide bonds. The summed E-state index contributed by atoms with van der Waals surface area (Å²) in [5.74, 6) is -1.36. The third-order valence-electron chi connectivity index (χ3n) is 7.35. The molecule has 0 aliphatic carbocycles. The minimum absolute atomic E-state index is 0.0316. The Bertz CT molecular complexity index is 1680. The van der Waals surface area contributed by atoms with E-state index < -0.39 is 34.3 Å². The summed E-state index contributed by atoms with van der Waals surface area (Å²) in [6, 6.07) is 27.2. The summed E-state index contributed by atoms with van der Waals surface area (Å²) < 4.78 is 43.7. The number of amides is 2. The van der Waals surface area contributed by atoms with E-state index in [4.69, 9.17) is 0 Å². The zero-order valence-corrected chi connectivity index (χ0v) is 27.7. The lowest BCUT2D eigenvalue weighted by Crippen LogP contribution is -2.53. The molecule has 0 fully saturated rings. The molecule has 0 bridgehead atoms. The van der Waals surface area contributed by atoms with Crippen molar-refractivity contribution in [3.8, 4) is 0 Å². The molecule has 0 heterocycles. The molecule has 0 saturated heterocycles. The molecule has 7 nitrogen and oxygen atoms in total. The van der Waals surface area contributed by atoms with E-state index in [-0.39, 0.29) is 29.5 Å². The Balaban J connectivity index is 1.78. The van der Waals surface area contributed by atoms with Crippen molar-refractivity contribution in [3.63, 3.8) is 0 Å². The highest BCUT2D eigenvalue weighted by Crippen LogP contribution is 2.27. The number of benzene rings is 4. The number of sulfonamides is 1. The summed E-state index contributed by atoms with van der Waals surface area (Å²) in [7, 11) is -4.20. The molecule has 4 aromatic rings. The van der Waals surface area contributed by atoms with Crippen LogP contribution in [-0.4, -0.2) is 44.3 Å². The van der Waals surface area contributed by atoms with Gasteiger partial charge in [-0.25, -0.2) is 12.8 Å². The van der Waals surface area contributed by atoms with Gasteiger partial charge >= 0.3 is 0 Å². The van der Waals surface area contributed by atoms with Crippen LogP contribution in [0.25, 0.3) is 0 Å². The van der Waals surface area contributed by atoms with Crippen LogP contribution in [-0.2, 0) is 32.6 Å². The molecular formula is C35H37BrFN3O4S. The highest BCUT2D eigenvalue weighted by molar-refractivity contribution is 9.10. The molecule has 0 saturated carbocycles. The summed E-state index contributed by atoms with van der Waals surface area (Å²) in [6.07, 6.45) is 1.84. The molecule has 4 rings (SSSR count).